The van der Waals surface area contributed by atoms with Crippen LogP contribution in [0.1, 0.15) is 22.6 Å². The molecule has 31 heavy (non-hydrogen) atoms. The van der Waals surface area contributed by atoms with Crippen LogP contribution in [0.25, 0.3) is 0 Å². The van der Waals surface area contributed by atoms with Crippen molar-refractivity contribution in [2.75, 3.05) is 5.73 Å². The van der Waals surface area contributed by atoms with Crippen LogP contribution < -0.4 is 10.5 Å². The van der Waals surface area contributed by atoms with Gasteiger partial charge in [0.25, 0.3) is 0 Å². The fraction of sp³-hybridized carbons (Fsp3) is 0.294. The Hall–Kier alpha value is -2.80. The first kappa shape index (κ1) is 24.5. The number of nitrogen functional groups attached to an aromatic ring is 1. The summed E-state index contributed by atoms with van der Waals surface area (Å²) in [7, 11) is 0. The monoisotopic (exact) mass is 471 g/mol. The van der Waals surface area contributed by atoms with Crippen LogP contribution in [0.5, 0.6) is 11.5 Å². The quantitative estimate of drug-likeness (QED) is 0.377. The molecule has 0 atom stereocenters. The van der Waals surface area contributed by atoms with Gasteiger partial charge in [0.05, 0.1) is 11.1 Å². The van der Waals surface area contributed by atoms with Crippen LogP contribution in [0.15, 0.2) is 36.4 Å². The molecule has 2 nitrogen and oxygen atoms in total. The zero-order valence-corrected chi connectivity index (χ0v) is 14.6. The third-order valence-electron chi connectivity index (χ3n) is 3.81. The number of hydrogen-bond acceptors (Lipinski definition) is 2. The number of rotatable bonds is 3. The smallest absolute Gasteiger partial charge is 0.420 e. The number of alkyl halides is 12. The summed E-state index contributed by atoms with van der Waals surface area (Å²) < 4.78 is 162. The van der Waals surface area contributed by atoms with Crippen LogP contribution in [0.4, 0.5) is 58.4 Å². The minimum atomic E-state index is -6.22. The predicted octanol–water partition coefficient (Wildman–Crippen LogP) is 7.31. The summed E-state index contributed by atoms with van der Waals surface area (Å²) in [6.07, 6.45) is -24.0. The Morgan fingerprint density at radius 1 is 0.645 bits per heavy atom. The molecule has 0 aliphatic heterocycles. The van der Waals surface area contributed by atoms with E-state index in [-0.39, 0.29) is 5.69 Å². The predicted molar refractivity (Wildman–Crippen MR) is 82.2 cm³/mol. The Labute approximate surface area is 165 Å². The van der Waals surface area contributed by atoms with Gasteiger partial charge in [-0.2, -0.15) is 52.7 Å². The second-order valence-corrected chi connectivity index (χ2v) is 6.13. The zero-order valence-electron chi connectivity index (χ0n) is 14.6. The van der Waals surface area contributed by atoms with Crippen LogP contribution in [0, 0.1) is 0 Å². The molecule has 0 aliphatic carbocycles. The minimum Gasteiger partial charge on any atom is -0.456 e. The van der Waals surface area contributed by atoms with Crippen LogP contribution in [0.2, 0.25) is 0 Å². The van der Waals surface area contributed by atoms with Crippen molar-refractivity contribution in [1.82, 2.24) is 0 Å². The minimum absolute atomic E-state index is 0.0491. The van der Waals surface area contributed by atoms with E-state index in [4.69, 9.17) is 5.73 Å². The van der Waals surface area contributed by atoms with E-state index < -0.39 is 70.9 Å². The fourth-order valence-electron chi connectivity index (χ4n) is 2.57. The van der Waals surface area contributed by atoms with Crippen molar-refractivity contribution in [2.24, 2.45) is 0 Å². The number of anilines is 1. The maximum absolute atomic E-state index is 13.4. The third kappa shape index (κ3) is 5.67. The highest BCUT2D eigenvalue weighted by atomic mass is 19.4. The van der Waals surface area contributed by atoms with Gasteiger partial charge in [-0.3, -0.25) is 0 Å². The second-order valence-electron chi connectivity index (χ2n) is 6.13. The first-order valence-electron chi connectivity index (χ1n) is 7.81. The molecular formula is C17H9F12NO. The molecule has 2 N–H and O–H groups in total. The lowest BCUT2D eigenvalue weighted by Gasteiger charge is -2.26. The highest BCUT2D eigenvalue weighted by molar-refractivity contribution is 5.52. The van der Waals surface area contributed by atoms with Crippen molar-refractivity contribution in [1.29, 1.82) is 0 Å². The van der Waals surface area contributed by atoms with Gasteiger partial charge in [0.15, 0.2) is 11.7 Å². The molecule has 0 spiro atoms. The number of halogens is 12. The summed E-state index contributed by atoms with van der Waals surface area (Å²) in [6, 6.07) is 2.47. The highest BCUT2D eigenvalue weighted by Gasteiger charge is 2.58. The summed E-state index contributed by atoms with van der Waals surface area (Å²) in [5.74, 6) is -7.22. The van der Waals surface area contributed by atoms with Gasteiger partial charge in [0, 0.05) is 5.69 Å². The van der Waals surface area contributed by atoms with Gasteiger partial charge in [-0.25, -0.2) is 0 Å². The van der Waals surface area contributed by atoms with Crippen molar-refractivity contribution < 1.29 is 57.4 Å². The molecule has 2 aromatic rings. The molecule has 0 radical (unpaired) electrons. The van der Waals surface area contributed by atoms with Crippen molar-refractivity contribution in [3.8, 4) is 11.5 Å². The van der Waals surface area contributed by atoms with Crippen molar-refractivity contribution in [3.05, 3.63) is 53.1 Å². The topological polar surface area (TPSA) is 35.2 Å². The Kier molecular flexibility index (Phi) is 6.09. The molecule has 0 heterocycles. The number of benzene rings is 2. The van der Waals surface area contributed by atoms with Crippen molar-refractivity contribution in [3.63, 3.8) is 0 Å². The van der Waals surface area contributed by atoms with Gasteiger partial charge in [-0.1, -0.05) is 0 Å². The maximum atomic E-state index is 13.4. The Bertz CT molecular complexity index is 874. The first-order valence-corrected chi connectivity index (χ1v) is 7.81. The van der Waals surface area contributed by atoms with Gasteiger partial charge in [0.1, 0.15) is 5.75 Å². The molecular weight excluding hydrogens is 462 g/mol. The van der Waals surface area contributed by atoms with Gasteiger partial charge in [0.2, 0.25) is 0 Å². The van der Waals surface area contributed by atoms with E-state index in [0.717, 1.165) is 24.3 Å². The number of hydrogen-bond donors (Lipinski definition) is 1. The lowest BCUT2D eigenvalue weighted by atomic mass is 9.92. The molecule has 0 saturated carbocycles. The van der Waals surface area contributed by atoms with Crippen molar-refractivity contribution >= 4 is 5.69 Å². The average Bonchev–Trinajstić information content (AvgIpc) is 2.53. The van der Waals surface area contributed by atoms with Crippen LogP contribution >= 0.6 is 0 Å². The molecule has 0 fully saturated rings. The summed E-state index contributed by atoms with van der Waals surface area (Å²) in [4.78, 5) is 0. The van der Waals surface area contributed by atoms with E-state index in [2.05, 4.69) is 4.74 Å². The zero-order chi connectivity index (χ0) is 24.0. The highest BCUT2D eigenvalue weighted by Crippen LogP contribution is 2.52. The van der Waals surface area contributed by atoms with Crippen LogP contribution in [-0.2, 0) is 12.4 Å². The molecule has 0 bridgehead atoms. The van der Waals surface area contributed by atoms with Gasteiger partial charge in [-0.15, -0.1) is 0 Å². The Morgan fingerprint density at radius 2 is 1.03 bits per heavy atom. The van der Waals surface area contributed by atoms with E-state index >= 15 is 0 Å². The molecule has 0 aliphatic rings. The van der Waals surface area contributed by atoms with E-state index in [1.54, 1.807) is 0 Å². The van der Waals surface area contributed by atoms with Gasteiger partial charge in [-0.05, 0) is 42.0 Å². The largest absolute Gasteiger partial charge is 0.456 e. The number of nitrogens with two attached hydrogens (primary N) is 1. The standard InChI is InChI=1S/C17H9F12NO/c18-14(19,20)10-5-7(13(16(24,25)26)17(27,28)29)6-11(15(21,22)23)12(10)31-9-3-1-8(30)2-4-9/h1-6,13H,30H2. The van der Waals surface area contributed by atoms with E-state index in [9.17, 15) is 52.7 Å². The summed E-state index contributed by atoms with van der Waals surface area (Å²) in [5, 5.41) is 0. The first-order chi connectivity index (χ1) is 13.8. The number of ether oxygens (including phenoxy) is 1. The molecule has 0 unspecified atom stereocenters. The SMILES string of the molecule is Nc1ccc(Oc2c(C(F)(F)F)cc(C(C(F)(F)F)C(F)(F)F)cc2C(F)(F)F)cc1. The molecule has 0 amide bonds. The average molecular weight is 471 g/mol. The van der Waals surface area contributed by atoms with Crippen LogP contribution in [0.3, 0.4) is 0 Å². The van der Waals surface area contributed by atoms with Crippen molar-refractivity contribution in [2.45, 2.75) is 30.6 Å². The van der Waals surface area contributed by atoms with Crippen LogP contribution in [-0.4, -0.2) is 12.4 Å². The summed E-state index contributed by atoms with van der Waals surface area (Å²) in [6.45, 7) is 0. The molecule has 0 saturated heterocycles. The molecule has 172 valence electrons. The van der Waals surface area contributed by atoms with E-state index in [1.807, 2.05) is 0 Å². The Morgan fingerprint density at radius 3 is 1.35 bits per heavy atom. The lowest BCUT2D eigenvalue weighted by molar-refractivity contribution is -0.253. The lowest BCUT2D eigenvalue weighted by Crippen LogP contribution is -2.34. The van der Waals surface area contributed by atoms with E-state index in [0.29, 0.717) is 0 Å². The van der Waals surface area contributed by atoms with Gasteiger partial charge < -0.3 is 10.5 Å². The fourth-order valence-corrected chi connectivity index (χ4v) is 2.57. The third-order valence-corrected chi connectivity index (χ3v) is 3.81. The molecule has 2 aromatic carbocycles. The maximum Gasteiger partial charge on any atom is 0.420 e. The molecule has 0 aromatic heterocycles. The van der Waals surface area contributed by atoms with Gasteiger partial charge >= 0.3 is 24.7 Å². The molecule has 2 rings (SSSR count). The summed E-state index contributed by atoms with van der Waals surface area (Å²) in [5.41, 5.74) is -1.84. The Balaban J connectivity index is 2.86. The summed E-state index contributed by atoms with van der Waals surface area (Å²) >= 11 is 0. The normalized spacial score (nSPS) is 13.6. The second kappa shape index (κ2) is 7.71. The molecule has 14 heteroatoms. The van der Waals surface area contributed by atoms with E-state index in [1.165, 1.54) is 0 Å².